The lowest BCUT2D eigenvalue weighted by Gasteiger charge is -2.20. The number of hydrogen-bond donors (Lipinski definition) is 1. The van der Waals surface area contributed by atoms with Crippen molar-refractivity contribution >= 4 is 11.6 Å². The Balaban J connectivity index is 3.03. The number of rotatable bonds is 2. The van der Waals surface area contributed by atoms with Crippen LogP contribution in [0, 0.1) is 0 Å². The highest BCUT2D eigenvalue weighted by atomic mass is 35.5. The summed E-state index contributed by atoms with van der Waals surface area (Å²) in [6, 6.07) is 5.25. The van der Waals surface area contributed by atoms with Crippen LogP contribution in [0.15, 0.2) is 18.2 Å². The Labute approximate surface area is 77.2 Å². The van der Waals surface area contributed by atoms with Crippen molar-refractivity contribution in [3.63, 3.8) is 0 Å². The smallest absolute Gasteiger partial charge is 0.129 e. The highest BCUT2D eigenvalue weighted by Gasteiger charge is 2.21. The van der Waals surface area contributed by atoms with Crippen LogP contribution in [-0.4, -0.2) is 10.1 Å². The first-order valence-corrected chi connectivity index (χ1v) is 4.29. The van der Waals surface area contributed by atoms with Crippen LogP contribution < -0.4 is 0 Å². The Hall–Kier alpha value is -0.600. The molecule has 0 radical (unpaired) electrons. The van der Waals surface area contributed by atoms with E-state index >= 15 is 0 Å². The van der Waals surface area contributed by atoms with Crippen LogP contribution in [0.3, 0.4) is 0 Å². The molecule has 0 spiro atoms. The van der Waals surface area contributed by atoms with Gasteiger partial charge in [-0.05, 0) is 25.5 Å². The fourth-order valence-corrected chi connectivity index (χ4v) is 1.05. The Bertz CT molecular complexity index is 273. The van der Waals surface area contributed by atoms with Crippen LogP contribution >= 0.6 is 11.6 Å². The van der Waals surface area contributed by atoms with Crippen LogP contribution in [0.4, 0.5) is 0 Å². The van der Waals surface area contributed by atoms with Gasteiger partial charge in [0.05, 0.1) is 5.69 Å². The van der Waals surface area contributed by atoms with Gasteiger partial charge >= 0.3 is 0 Å². The van der Waals surface area contributed by atoms with E-state index < -0.39 is 5.60 Å². The summed E-state index contributed by atoms with van der Waals surface area (Å²) in [7, 11) is 0. The summed E-state index contributed by atoms with van der Waals surface area (Å²) in [5.41, 5.74) is -0.247. The van der Waals surface area contributed by atoms with E-state index in [4.69, 9.17) is 11.6 Å². The summed E-state index contributed by atoms with van der Waals surface area (Å²) in [4.78, 5) is 4.03. The van der Waals surface area contributed by atoms with Crippen LogP contribution in [0.5, 0.6) is 0 Å². The van der Waals surface area contributed by atoms with Crippen LogP contribution in [0.1, 0.15) is 26.0 Å². The van der Waals surface area contributed by atoms with Crippen molar-refractivity contribution in [2.75, 3.05) is 0 Å². The minimum atomic E-state index is -0.870. The zero-order valence-corrected chi connectivity index (χ0v) is 7.97. The van der Waals surface area contributed by atoms with Crippen molar-refractivity contribution in [3.05, 3.63) is 29.0 Å². The van der Waals surface area contributed by atoms with Crippen molar-refractivity contribution in [2.45, 2.75) is 25.9 Å². The number of hydrogen-bond acceptors (Lipinski definition) is 2. The molecular weight excluding hydrogens is 174 g/mol. The van der Waals surface area contributed by atoms with Gasteiger partial charge in [-0.25, -0.2) is 4.98 Å². The average Bonchev–Trinajstić information content (AvgIpc) is 2.05. The lowest BCUT2D eigenvalue weighted by molar-refractivity contribution is 0.0485. The van der Waals surface area contributed by atoms with Gasteiger partial charge < -0.3 is 5.11 Å². The molecule has 1 aromatic heterocycles. The quantitative estimate of drug-likeness (QED) is 0.718. The molecule has 3 heteroatoms. The van der Waals surface area contributed by atoms with Crippen molar-refractivity contribution in [1.82, 2.24) is 4.98 Å². The van der Waals surface area contributed by atoms with E-state index in [0.717, 1.165) is 0 Å². The first-order valence-electron chi connectivity index (χ1n) is 3.91. The van der Waals surface area contributed by atoms with E-state index in [1.54, 1.807) is 25.1 Å². The molecule has 66 valence electrons. The zero-order valence-electron chi connectivity index (χ0n) is 7.21. The minimum Gasteiger partial charge on any atom is -0.384 e. The van der Waals surface area contributed by atoms with Crippen molar-refractivity contribution < 1.29 is 5.11 Å². The molecular formula is C9H12ClNO. The number of aliphatic hydroxyl groups is 1. The molecule has 1 aromatic rings. The molecule has 2 nitrogen and oxygen atoms in total. The lowest BCUT2D eigenvalue weighted by atomic mass is 9.99. The number of aromatic nitrogens is 1. The number of nitrogens with zero attached hydrogens (tertiary/aromatic N) is 1. The molecule has 0 aliphatic carbocycles. The second-order valence-electron chi connectivity index (χ2n) is 2.97. The second-order valence-corrected chi connectivity index (χ2v) is 3.36. The topological polar surface area (TPSA) is 33.1 Å². The van der Waals surface area contributed by atoms with Crippen molar-refractivity contribution in [3.8, 4) is 0 Å². The maximum Gasteiger partial charge on any atom is 0.129 e. The van der Waals surface area contributed by atoms with E-state index in [1.165, 1.54) is 0 Å². The first kappa shape index (κ1) is 9.49. The van der Waals surface area contributed by atoms with E-state index in [1.807, 2.05) is 6.92 Å². The van der Waals surface area contributed by atoms with Crippen LogP contribution in [0.25, 0.3) is 0 Å². The SMILES string of the molecule is CCC(C)(O)c1cccc(Cl)n1. The molecule has 0 saturated heterocycles. The van der Waals surface area contributed by atoms with E-state index in [2.05, 4.69) is 4.98 Å². The second kappa shape index (κ2) is 3.42. The number of pyridine rings is 1. The highest BCUT2D eigenvalue weighted by molar-refractivity contribution is 6.29. The molecule has 1 unspecified atom stereocenters. The van der Waals surface area contributed by atoms with Crippen LogP contribution in [0.2, 0.25) is 5.15 Å². The van der Waals surface area contributed by atoms with Gasteiger partial charge in [0.15, 0.2) is 0 Å². The molecule has 0 fully saturated rings. The Morgan fingerprint density at radius 3 is 2.75 bits per heavy atom. The van der Waals surface area contributed by atoms with Gasteiger partial charge in [-0.2, -0.15) is 0 Å². The summed E-state index contributed by atoms with van der Waals surface area (Å²) < 4.78 is 0. The predicted molar refractivity (Wildman–Crippen MR) is 49.1 cm³/mol. The summed E-state index contributed by atoms with van der Waals surface area (Å²) in [6.45, 7) is 3.63. The third-order valence-corrected chi connectivity index (χ3v) is 2.17. The van der Waals surface area contributed by atoms with Gasteiger partial charge in [-0.1, -0.05) is 24.6 Å². The molecule has 0 aliphatic rings. The summed E-state index contributed by atoms with van der Waals surface area (Å²) in [5, 5.41) is 10.2. The highest BCUT2D eigenvalue weighted by Crippen LogP contribution is 2.22. The maximum absolute atomic E-state index is 9.80. The maximum atomic E-state index is 9.80. The molecule has 1 N–H and O–H groups in total. The molecule has 0 saturated carbocycles. The van der Waals surface area contributed by atoms with Crippen molar-refractivity contribution in [1.29, 1.82) is 0 Å². The largest absolute Gasteiger partial charge is 0.384 e. The van der Waals surface area contributed by atoms with Crippen molar-refractivity contribution in [2.24, 2.45) is 0 Å². The van der Waals surface area contributed by atoms with E-state index in [9.17, 15) is 5.11 Å². The monoisotopic (exact) mass is 185 g/mol. The van der Waals surface area contributed by atoms with Gasteiger partial charge in [0.2, 0.25) is 0 Å². The Morgan fingerprint density at radius 1 is 1.58 bits per heavy atom. The van der Waals surface area contributed by atoms with E-state index in [-0.39, 0.29) is 0 Å². The molecule has 0 amide bonds. The van der Waals surface area contributed by atoms with Crippen LogP contribution in [-0.2, 0) is 5.60 Å². The normalized spacial score (nSPS) is 15.7. The fourth-order valence-electron chi connectivity index (χ4n) is 0.889. The standard InChI is InChI=1S/C9H12ClNO/c1-3-9(2,12)7-5-4-6-8(10)11-7/h4-6,12H,3H2,1-2H3. The minimum absolute atomic E-state index is 0.418. The summed E-state index contributed by atoms with van der Waals surface area (Å²) in [6.07, 6.45) is 0.625. The predicted octanol–water partition coefficient (Wildman–Crippen LogP) is 2.35. The van der Waals surface area contributed by atoms with Gasteiger partial charge in [0.25, 0.3) is 0 Å². The van der Waals surface area contributed by atoms with Gasteiger partial charge in [0, 0.05) is 0 Å². The molecule has 0 aliphatic heterocycles. The molecule has 0 bridgehead atoms. The summed E-state index contributed by atoms with van der Waals surface area (Å²) in [5.74, 6) is 0. The van der Waals surface area contributed by atoms with Gasteiger partial charge in [0.1, 0.15) is 10.8 Å². The Morgan fingerprint density at radius 2 is 2.25 bits per heavy atom. The summed E-state index contributed by atoms with van der Waals surface area (Å²) >= 11 is 5.69. The molecule has 12 heavy (non-hydrogen) atoms. The van der Waals surface area contributed by atoms with E-state index in [0.29, 0.717) is 17.3 Å². The molecule has 1 rings (SSSR count). The Kier molecular flexibility index (Phi) is 2.70. The third-order valence-electron chi connectivity index (χ3n) is 1.96. The number of halogens is 1. The van der Waals surface area contributed by atoms with Gasteiger partial charge in [-0.15, -0.1) is 0 Å². The van der Waals surface area contributed by atoms with Gasteiger partial charge in [-0.3, -0.25) is 0 Å². The third kappa shape index (κ3) is 1.96. The fraction of sp³-hybridized carbons (Fsp3) is 0.444. The average molecular weight is 186 g/mol. The molecule has 1 atom stereocenters. The molecule has 1 heterocycles. The zero-order chi connectivity index (χ0) is 9.19. The lowest BCUT2D eigenvalue weighted by Crippen LogP contribution is -2.21. The first-order chi connectivity index (χ1) is 5.56. The molecule has 0 aromatic carbocycles.